The Kier molecular flexibility index (Phi) is 6.93. The molecule has 2 heteroatoms. The van der Waals surface area contributed by atoms with Gasteiger partial charge in [0.25, 0.3) is 0 Å². The molecule has 9 aromatic carbocycles. The van der Waals surface area contributed by atoms with Crippen molar-refractivity contribution >= 4 is 60.5 Å². The van der Waals surface area contributed by atoms with E-state index in [1.54, 1.807) is 0 Å². The average molecular weight is 704 g/mol. The molecular formula is C53H37NO. The molecule has 0 N–H and O–H groups in total. The highest BCUT2D eigenvalue weighted by Crippen LogP contribution is 2.51. The normalized spacial score (nSPS) is 13.1. The molecule has 260 valence electrons. The maximum Gasteiger partial charge on any atom is 0.137 e. The van der Waals surface area contributed by atoms with E-state index in [9.17, 15) is 0 Å². The summed E-state index contributed by atoms with van der Waals surface area (Å²) in [5, 5.41) is 7.16. The van der Waals surface area contributed by atoms with Gasteiger partial charge in [0.15, 0.2) is 0 Å². The first-order valence-electron chi connectivity index (χ1n) is 19.1. The molecule has 2 nitrogen and oxygen atoms in total. The Labute approximate surface area is 320 Å². The summed E-state index contributed by atoms with van der Waals surface area (Å²) in [4.78, 5) is 2.38. The van der Waals surface area contributed by atoms with Crippen LogP contribution in [0.2, 0.25) is 0 Å². The third-order valence-electron chi connectivity index (χ3n) is 11.8. The summed E-state index contributed by atoms with van der Waals surface area (Å²) >= 11 is 0. The van der Waals surface area contributed by atoms with Crippen LogP contribution in [0.1, 0.15) is 25.0 Å². The number of benzene rings is 9. The van der Waals surface area contributed by atoms with Crippen LogP contribution >= 0.6 is 0 Å². The van der Waals surface area contributed by atoms with Gasteiger partial charge >= 0.3 is 0 Å². The summed E-state index contributed by atoms with van der Waals surface area (Å²) in [6, 6.07) is 68.4. The van der Waals surface area contributed by atoms with E-state index in [4.69, 9.17) is 4.42 Å². The number of fused-ring (bicyclic) bond motifs is 8. The lowest BCUT2D eigenvalue weighted by atomic mass is 9.82. The van der Waals surface area contributed by atoms with Crippen LogP contribution in [0, 0.1) is 0 Å². The van der Waals surface area contributed by atoms with Crippen molar-refractivity contribution in [3.8, 4) is 33.4 Å². The molecule has 1 aliphatic carbocycles. The second kappa shape index (κ2) is 12.1. The Balaban J connectivity index is 1.08. The summed E-state index contributed by atoms with van der Waals surface area (Å²) in [6.07, 6.45) is 0. The van der Waals surface area contributed by atoms with Crippen molar-refractivity contribution in [3.05, 3.63) is 199 Å². The first-order valence-corrected chi connectivity index (χ1v) is 19.1. The van der Waals surface area contributed by atoms with Gasteiger partial charge in [0.05, 0.1) is 0 Å². The Morgan fingerprint density at radius 3 is 1.73 bits per heavy atom. The van der Waals surface area contributed by atoms with Crippen LogP contribution in [-0.2, 0) is 5.41 Å². The molecule has 55 heavy (non-hydrogen) atoms. The lowest BCUT2D eigenvalue weighted by Crippen LogP contribution is -2.16. The minimum absolute atomic E-state index is 0.118. The smallest absolute Gasteiger partial charge is 0.137 e. The lowest BCUT2D eigenvalue weighted by molar-refractivity contribution is 0.660. The molecular weight excluding hydrogens is 667 g/mol. The number of anilines is 3. The van der Waals surface area contributed by atoms with Crippen molar-refractivity contribution in [1.82, 2.24) is 0 Å². The van der Waals surface area contributed by atoms with Gasteiger partial charge in [0, 0.05) is 39.3 Å². The number of nitrogens with zero attached hydrogens (tertiary/aromatic N) is 1. The van der Waals surface area contributed by atoms with E-state index < -0.39 is 0 Å². The van der Waals surface area contributed by atoms with Crippen molar-refractivity contribution in [2.45, 2.75) is 19.3 Å². The monoisotopic (exact) mass is 703 g/mol. The molecule has 0 amide bonds. The molecule has 0 radical (unpaired) electrons. The third-order valence-corrected chi connectivity index (χ3v) is 11.8. The zero-order chi connectivity index (χ0) is 36.7. The molecule has 1 heterocycles. The second-order valence-electron chi connectivity index (χ2n) is 15.3. The molecule has 0 saturated carbocycles. The van der Waals surface area contributed by atoms with Crippen LogP contribution in [0.15, 0.2) is 192 Å². The molecule has 11 rings (SSSR count). The van der Waals surface area contributed by atoms with E-state index in [0.717, 1.165) is 39.0 Å². The van der Waals surface area contributed by atoms with Crippen LogP contribution in [0.4, 0.5) is 17.1 Å². The first-order chi connectivity index (χ1) is 27.0. The lowest BCUT2D eigenvalue weighted by Gasteiger charge is -2.28. The molecule has 1 aliphatic rings. The fraction of sp³-hybridized carbons (Fsp3) is 0.0566. The second-order valence-corrected chi connectivity index (χ2v) is 15.3. The van der Waals surface area contributed by atoms with Crippen molar-refractivity contribution in [1.29, 1.82) is 0 Å². The maximum absolute atomic E-state index is 6.61. The summed E-state index contributed by atoms with van der Waals surface area (Å²) < 4.78 is 6.61. The summed E-state index contributed by atoms with van der Waals surface area (Å²) in [5.41, 5.74) is 15.1. The minimum Gasteiger partial charge on any atom is -0.456 e. The van der Waals surface area contributed by atoms with E-state index in [1.807, 2.05) is 0 Å². The average Bonchev–Trinajstić information content (AvgIpc) is 3.70. The van der Waals surface area contributed by atoms with E-state index >= 15 is 0 Å². The van der Waals surface area contributed by atoms with Gasteiger partial charge in [-0.15, -0.1) is 0 Å². The van der Waals surface area contributed by atoms with Crippen molar-refractivity contribution in [2.24, 2.45) is 0 Å². The van der Waals surface area contributed by atoms with Crippen LogP contribution in [-0.4, -0.2) is 0 Å². The van der Waals surface area contributed by atoms with E-state index in [1.165, 1.54) is 66.1 Å². The fourth-order valence-electron chi connectivity index (χ4n) is 9.10. The van der Waals surface area contributed by atoms with E-state index in [-0.39, 0.29) is 5.41 Å². The standard InChI is InChI=1S/C53H37NO/c1-53(2)48-21-9-8-18-44(48)45-28-26-40(32-49(45)53)54(41-27-29-46-47-30-37-14-6-7-15-38(37)31-50(47)55-51(46)33-41)39-24-22-35(23-25-39)43-20-11-17-36-16-10-19-42(52(36)43)34-12-4-3-5-13-34/h3-33H,1-2H3. The number of hydrogen-bond acceptors (Lipinski definition) is 2. The van der Waals surface area contributed by atoms with Gasteiger partial charge in [-0.3, -0.25) is 0 Å². The predicted molar refractivity (Wildman–Crippen MR) is 232 cm³/mol. The molecule has 1 aromatic heterocycles. The van der Waals surface area contributed by atoms with Gasteiger partial charge < -0.3 is 9.32 Å². The molecule has 10 aromatic rings. The topological polar surface area (TPSA) is 16.4 Å². The first kappa shape index (κ1) is 31.6. The van der Waals surface area contributed by atoms with Crippen LogP contribution < -0.4 is 4.90 Å². The van der Waals surface area contributed by atoms with Crippen molar-refractivity contribution in [3.63, 3.8) is 0 Å². The van der Waals surface area contributed by atoms with E-state index in [0.29, 0.717) is 0 Å². The van der Waals surface area contributed by atoms with Gasteiger partial charge in [-0.1, -0.05) is 147 Å². The summed E-state index contributed by atoms with van der Waals surface area (Å²) in [7, 11) is 0. The van der Waals surface area contributed by atoms with Crippen LogP contribution in [0.5, 0.6) is 0 Å². The van der Waals surface area contributed by atoms with Gasteiger partial charge in [-0.05, 0) is 115 Å². The predicted octanol–water partition coefficient (Wildman–Crippen LogP) is 15.0. The van der Waals surface area contributed by atoms with Crippen molar-refractivity contribution in [2.75, 3.05) is 4.90 Å². The molecule has 0 atom stereocenters. The zero-order valence-corrected chi connectivity index (χ0v) is 30.8. The van der Waals surface area contributed by atoms with E-state index in [2.05, 4.69) is 207 Å². The minimum atomic E-state index is -0.118. The highest BCUT2D eigenvalue weighted by atomic mass is 16.3. The quantitative estimate of drug-likeness (QED) is 0.177. The Hall–Kier alpha value is -6.90. The number of furan rings is 1. The third kappa shape index (κ3) is 4.95. The van der Waals surface area contributed by atoms with Crippen LogP contribution in [0.3, 0.4) is 0 Å². The fourth-order valence-corrected chi connectivity index (χ4v) is 9.10. The highest BCUT2D eigenvalue weighted by molar-refractivity contribution is 6.11. The largest absolute Gasteiger partial charge is 0.456 e. The number of hydrogen-bond donors (Lipinski definition) is 0. The maximum atomic E-state index is 6.61. The van der Waals surface area contributed by atoms with Gasteiger partial charge in [0.1, 0.15) is 11.2 Å². The number of rotatable bonds is 5. The molecule has 0 saturated heterocycles. The molecule has 0 bridgehead atoms. The molecule has 0 aliphatic heterocycles. The SMILES string of the molecule is CC1(C)c2ccccc2-c2ccc(N(c3ccc(-c4cccc5cccc(-c6ccccc6)c45)cc3)c3ccc4c(c3)oc3cc5ccccc5cc34)cc21. The molecule has 0 fully saturated rings. The summed E-state index contributed by atoms with van der Waals surface area (Å²) in [6.45, 7) is 4.69. The van der Waals surface area contributed by atoms with Gasteiger partial charge in [0.2, 0.25) is 0 Å². The zero-order valence-electron chi connectivity index (χ0n) is 30.8. The Bertz CT molecular complexity index is 3110. The molecule has 0 spiro atoms. The highest BCUT2D eigenvalue weighted by Gasteiger charge is 2.35. The van der Waals surface area contributed by atoms with Crippen molar-refractivity contribution < 1.29 is 4.42 Å². The summed E-state index contributed by atoms with van der Waals surface area (Å²) in [5.74, 6) is 0. The Morgan fingerprint density at radius 2 is 0.945 bits per heavy atom. The van der Waals surface area contributed by atoms with Crippen LogP contribution in [0.25, 0.3) is 76.9 Å². The molecule has 0 unspecified atom stereocenters. The Morgan fingerprint density at radius 1 is 0.382 bits per heavy atom. The van der Waals surface area contributed by atoms with Gasteiger partial charge in [-0.25, -0.2) is 0 Å². The van der Waals surface area contributed by atoms with Gasteiger partial charge in [-0.2, -0.15) is 0 Å².